The van der Waals surface area contributed by atoms with E-state index in [9.17, 15) is 0 Å². The van der Waals surface area contributed by atoms with Crippen LogP contribution in [-0.4, -0.2) is 22.5 Å². The summed E-state index contributed by atoms with van der Waals surface area (Å²) in [5, 5.41) is 4.26. The predicted octanol–water partition coefficient (Wildman–Crippen LogP) is 1.34. The van der Waals surface area contributed by atoms with Crippen molar-refractivity contribution in [3.8, 4) is 0 Å². The van der Waals surface area contributed by atoms with Gasteiger partial charge in [-0.1, -0.05) is 0 Å². The number of rotatable bonds is 4. The van der Waals surface area contributed by atoms with E-state index in [2.05, 4.69) is 5.10 Å². The topological polar surface area (TPSA) is 53.1 Å². The third-order valence-electron chi connectivity index (χ3n) is 2.71. The predicted molar refractivity (Wildman–Crippen MR) is 55.0 cm³/mol. The Morgan fingerprint density at radius 3 is 2.93 bits per heavy atom. The average molecular weight is 195 g/mol. The minimum absolute atomic E-state index is 0.504. The molecule has 0 amide bonds. The van der Waals surface area contributed by atoms with Crippen molar-refractivity contribution in [3.63, 3.8) is 0 Å². The Kier molecular flexibility index (Phi) is 2.72. The molecule has 1 aliphatic carbocycles. The van der Waals surface area contributed by atoms with E-state index >= 15 is 0 Å². The molecule has 0 atom stereocenters. The molecule has 0 saturated heterocycles. The van der Waals surface area contributed by atoms with Crippen LogP contribution in [0.3, 0.4) is 0 Å². The zero-order chi connectivity index (χ0) is 9.97. The second-order valence-electron chi connectivity index (χ2n) is 3.86. The molecule has 0 spiro atoms. The fraction of sp³-hybridized carbons (Fsp3) is 0.700. The van der Waals surface area contributed by atoms with Gasteiger partial charge in [-0.25, -0.2) is 0 Å². The van der Waals surface area contributed by atoms with Crippen molar-refractivity contribution in [1.82, 2.24) is 9.78 Å². The SMILES string of the molecule is Cc1nn(CCOC2CCC2)cc1N. The molecule has 1 saturated carbocycles. The lowest BCUT2D eigenvalue weighted by molar-refractivity contribution is -0.00235. The van der Waals surface area contributed by atoms with Gasteiger partial charge in [0.2, 0.25) is 0 Å². The summed E-state index contributed by atoms with van der Waals surface area (Å²) < 4.78 is 7.48. The first kappa shape index (κ1) is 9.52. The van der Waals surface area contributed by atoms with Crippen molar-refractivity contribution in [2.45, 2.75) is 38.8 Å². The van der Waals surface area contributed by atoms with Crippen LogP contribution >= 0.6 is 0 Å². The number of aryl methyl sites for hydroxylation is 1. The van der Waals surface area contributed by atoms with Crippen LogP contribution in [0.2, 0.25) is 0 Å². The van der Waals surface area contributed by atoms with Crippen molar-refractivity contribution < 1.29 is 4.74 Å². The lowest BCUT2D eigenvalue weighted by Crippen LogP contribution is -2.23. The molecule has 2 rings (SSSR count). The molecule has 0 aliphatic heterocycles. The highest BCUT2D eigenvalue weighted by atomic mass is 16.5. The van der Waals surface area contributed by atoms with Gasteiger partial charge in [0.05, 0.1) is 30.6 Å². The highest BCUT2D eigenvalue weighted by molar-refractivity contribution is 5.39. The Balaban J connectivity index is 1.74. The van der Waals surface area contributed by atoms with Crippen LogP contribution in [0.4, 0.5) is 5.69 Å². The van der Waals surface area contributed by atoms with E-state index < -0.39 is 0 Å². The minimum Gasteiger partial charge on any atom is -0.396 e. The summed E-state index contributed by atoms with van der Waals surface area (Å²) in [5.74, 6) is 0. The molecule has 14 heavy (non-hydrogen) atoms. The number of nitrogens with zero attached hydrogens (tertiary/aromatic N) is 2. The van der Waals surface area contributed by atoms with E-state index in [1.807, 2.05) is 17.8 Å². The quantitative estimate of drug-likeness (QED) is 0.788. The molecule has 78 valence electrons. The molecular weight excluding hydrogens is 178 g/mol. The highest BCUT2D eigenvalue weighted by Crippen LogP contribution is 2.21. The van der Waals surface area contributed by atoms with Crippen LogP contribution in [0.25, 0.3) is 0 Å². The molecule has 1 aromatic heterocycles. The van der Waals surface area contributed by atoms with Gasteiger partial charge in [-0.2, -0.15) is 5.10 Å². The van der Waals surface area contributed by atoms with E-state index in [4.69, 9.17) is 10.5 Å². The fourth-order valence-corrected chi connectivity index (χ4v) is 1.50. The van der Waals surface area contributed by atoms with E-state index in [1.54, 1.807) is 0 Å². The Morgan fingerprint density at radius 1 is 1.64 bits per heavy atom. The molecule has 0 radical (unpaired) electrons. The van der Waals surface area contributed by atoms with Gasteiger partial charge in [-0.3, -0.25) is 4.68 Å². The zero-order valence-electron chi connectivity index (χ0n) is 8.57. The lowest BCUT2D eigenvalue weighted by Gasteiger charge is -2.25. The molecule has 0 unspecified atom stereocenters. The van der Waals surface area contributed by atoms with Crippen LogP contribution in [0.15, 0.2) is 6.20 Å². The summed E-state index contributed by atoms with van der Waals surface area (Å²) in [6.07, 6.45) is 6.13. The summed E-state index contributed by atoms with van der Waals surface area (Å²) >= 11 is 0. The number of ether oxygens (including phenoxy) is 1. The van der Waals surface area contributed by atoms with E-state index in [-0.39, 0.29) is 0 Å². The second kappa shape index (κ2) is 4.00. The maximum absolute atomic E-state index is 5.69. The first-order valence-corrected chi connectivity index (χ1v) is 5.17. The van der Waals surface area contributed by atoms with Gasteiger partial charge >= 0.3 is 0 Å². The van der Waals surface area contributed by atoms with E-state index in [0.29, 0.717) is 6.10 Å². The van der Waals surface area contributed by atoms with Crippen LogP contribution in [0, 0.1) is 6.92 Å². The third kappa shape index (κ3) is 2.07. The highest BCUT2D eigenvalue weighted by Gasteiger charge is 2.17. The Morgan fingerprint density at radius 2 is 2.43 bits per heavy atom. The molecule has 1 aliphatic rings. The summed E-state index contributed by atoms with van der Waals surface area (Å²) in [6.45, 7) is 3.46. The molecule has 0 bridgehead atoms. The average Bonchev–Trinajstić information content (AvgIpc) is 2.37. The smallest absolute Gasteiger partial charge is 0.0822 e. The summed E-state index contributed by atoms with van der Waals surface area (Å²) in [6, 6.07) is 0. The Labute approximate surface area is 84.0 Å². The Hall–Kier alpha value is -1.03. The normalized spacial score (nSPS) is 16.9. The number of nitrogen functional groups attached to an aromatic ring is 1. The molecule has 1 heterocycles. The fourth-order valence-electron chi connectivity index (χ4n) is 1.50. The van der Waals surface area contributed by atoms with Crippen LogP contribution in [-0.2, 0) is 11.3 Å². The molecule has 1 fully saturated rings. The van der Waals surface area contributed by atoms with Crippen LogP contribution < -0.4 is 5.73 Å². The molecule has 0 aromatic carbocycles. The number of nitrogens with two attached hydrogens (primary N) is 1. The van der Waals surface area contributed by atoms with Gasteiger partial charge in [0.15, 0.2) is 0 Å². The number of anilines is 1. The van der Waals surface area contributed by atoms with Crippen molar-refractivity contribution in [2.75, 3.05) is 12.3 Å². The molecule has 1 aromatic rings. The first-order valence-electron chi connectivity index (χ1n) is 5.17. The molecule has 4 heteroatoms. The van der Waals surface area contributed by atoms with Gasteiger partial charge < -0.3 is 10.5 Å². The minimum atomic E-state index is 0.504. The molecular formula is C10H17N3O. The number of hydrogen-bond acceptors (Lipinski definition) is 3. The standard InChI is InChI=1S/C10H17N3O/c1-8-10(11)7-13(12-8)5-6-14-9-3-2-4-9/h7,9H,2-6,11H2,1H3. The summed E-state index contributed by atoms with van der Waals surface area (Å²) in [5.41, 5.74) is 7.34. The summed E-state index contributed by atoms with van der Waals surface area (Å²) in [4.78, 5) is 0. The van der Waals surface area contributed by atoms with Crippen molar-refractivity contribution >= 4 is 5.69 Å². The Bertz CT molecular complexity index is 285. The van der Waals surface area contributed by atoms with Crippen molar-refractivity contribution in [2.24, 2.45) is 0 Å². The summed E-state index contributed by atoms with van der Waals surface area (Å²) in [7, 11) is 0. The van der Waals surface area contributed by atoms with Gasteiger partial charge in [0, 0.05) is 6.20 Å². The number of aromatic nitrogens is 2. The van der Waals surface area contributed by atoms with E-state index in [0.717, 1.165) is 24.5 Å². The van der Waals surface area contributed by atoms with Crippen molar-refractivity contribution in [1.29, 1.82) is 0 Å². The van der Waals surface area contributed by atoms with Crippen LogP contribution in [0.1, 0.15) is 25.0 Å². The maximum Gasteiger partial charge on any atom is 0.0822 e. The van der Waals surface area contributed by atoms with Gasteiger partial charge in [-0.05, 0) is 26.2 Å². The first-order chi connectivity index (χ1) is 6.75. The molecule has 4 nitrogen and oxygen atoms in total. The molecule has 2 N–H and O–H groups in total. The largest absolute Gasteiger partial charge is 0.396 e. The van der Waals surface area contributed by atoms with E-state index in [1.165, 1.54) is 19.3 Å². The maximum atomic E-state index is 5.69. The van der Waals surface area contributed by atoms with Crippen molar-refractivity contribution in [3.05, 3.63) is 11.9 Å². The lowest BCUT2D eigenvalue weighted by atomic mass is 9.96. The van der Waals surface area contributed by atoms with Gasteiger partial charge in [0.1, 0.15) is 0 Å². The third-order valence-corrected chi connectivity index (χ3v) is 2.71. The zero-order valence-corrected chi connectivity index (χ0v) is 8.57. The van der Waals surface area contributed by atoms with Gasteiger partial charge in [-0.15, -0.1) is 0 Å². The van der Waals surface area contributed by atoms with Gasteiger partial charge in [0.25, 0.3) is 0 Å². The van der Waals surface area contributed by atoms with Crippen LogP contribution in [0.5, 0.6) is 0 Å². The second-order valence-corrected chi connectivity index (χ2v) is 3.86. The number of hydrogen-bond donors (Lipinski definition) is 1. The monoisotopic (exact) mass is 195 g/mol.